The van der Waals surface area contributed by atoms with Crippen molar-refractivity contribution in [2.75, 3.05) is 6.54 Å². The first-order valence-electron chi connectivity index (χ1n) is 7.59. The SMILES string of the molecule is CC(C)(C)c1ncc2c(n1)CCN(Cc1ccncc1Cl)C2. The summed E-state index contributed by atoms with van der Waals surface area (Å²) in [6.07, 6.45) is 6.44. The summed E-state index contributed by atoms with van der Waals surface area (Å²) < 4.78 is 0. The predicted molar refractivity (Wildman–Crippen MR) is 87.8 cm³/mol. The minimum absolute atomic E-state index is 0.00325. The molecule has 0 aliphatic carbocycles. The zero-order valence-electron chi connectivity index (χ0n) is 13.3. The molecule has 0 bridgehead atoms. The van der Waals surface area contributed by atoms with Gasteiger partial charge in [-0.2, -0.15) is 0 Å². The molecule has 2 aromatic heterocycles. The number of pyridine rings is 1. The molecule has 0 saturated carbocycles. The summed E-state index contributed by atoms with van der Waals surface area (Å²) in [6.45, 7) is 9.15. The molecule has 0 spiro atoms. The standard InChI is InChI=1S/C17H21ClN4/c1-17(2,3)16-20-8-13-11-22(7-5-15(13)21-16)10-12-4-6-19-9-14(12)18/h4,6,8-9H,5,7,10-11H2,1-3H3. The number of rotatable bonds is 2. The van der Waals surface area contributed by atoms with Crippen molar-refractivity contribution in [3.05, 3.63) is 52.3 Å². The van der Waals surface area contributed by atoms with E-state index in [0.29, 0.717) is 0 Å². The van der Waals surface area contributed by atoms with Crippen LogP contribution in [0.1, 0.15) is 43.4 Å². The summed E-state index contributed by atoms with van der Waals surface area (Å²) in [6, 6.07) is 1.98. The third-order valence-corrected chi connectivity index (χ3v) is 4.27. The van der Waals surface area contributed by atoms with Crippen LogP contribution in [0.2, 0.25) is 5.02 Å². The lowest BCUT2D eigenvalue weighted by atomic mass is 9.95. The molecule has 0 N–H and O–H groups in total. The van der Waals surface area contributed by atoms with Gasteiger partial charge in [-0.15, -0.1) is 0 Å². The van der Waals surface area contributed by atoms with Crippen molar-refractivity contribution in [2.45, 2.75) is 45.7 Å². The van der Waals surface area contributed by atoms with Crippen LogP contribution in [0, 0.1) is 0 Å². The topological polar surface area (TPSA) is 41.9 Å². The van der Waals surface area contributed by atoms with Gasteiger partial charge in [0.25, 0.3) is 0 Å². The first-order valence-corrected chi connectivity index (χ1v) is 7.97. The van der Waals surface area contributed by atoms with Gasteiger partial charge in [0.05, 0.1) is 5.02 Å². The molecule has 0 fully saturated rings. The van der Waals surface area contributed by atoms with Crippen LogP contribution < -0.4 is 0 Å². The average molecular weight is 317 g/mol. The highest BCUT2D eigenvalue weighted by molar-refractivity contribution is 6.31. The Morgan fingerprint density at radius 2 is 2.09 bits per heavy atom. The molecule has 1 aliphatic heterocycles. The predicted octanol–water partition coefficient (Wildman–Crippen LogP) is 3.38. The molecule has 2 aromatic rings. The summed E-state index contributed by atoms with van der Waals surface area (Å²) in [7, 11) is 0. The minimum atomic E-state index is -0.00325. The van der Waals surface area contributed by atoms with Crippen molar-refractivity contribution in [3.8, 4) is 0 Å². The molecule has 0 amide bonds. The lowest BCUT2D eigenvalue weighted by Gasteiger charge is -2.29. The van der Waals surface area contributed by atoms with Crippen LogP contribution >= 0.6 is 11.6 Å². The Hall–Kier alpha value is -1.52. The van der Waals surface area contributed by atoms with Gasteiger partial charge in [-0.25, -0.2) is 9.97 Å². The lowest BCUT2D eigenvalue weighted by Crippen LogP contribution is -2.32. The second-order valence-corrected chi connectivity index (χ2v) is 7.25. The molecule has 116 valence electrons. The molecule has 1 aliphatic rings. The van der Waals surface area contributed by atoms with Crippen molar-refractivity contribution in [3.63, 3.8) is 0 Å². The maximum atomic E-state index is 6.20. The van der Waals surface area contributed by atoms with E-state index in [1.807, 2.05) is 12.3 Å². The average Bonchev–Trinajstić information content (AvgIpc) is 2.48. The number of halogens is 1. The summed E-state index contributed by atoms with van der Waals surface area (Å²) in [4.78, 5) is 15.7. The van der Waals surface area contributed by atoms with E-state index in [1.165, 1.54) is 11.3 Å². The van der Waals surface area contributed by atoms with E-state index in [-0.39, 0.29) is 5.41 Å². The Kier molecular flexibility index (Phi) is 4.15. The van der Waals surface area contributed by atoms with Gasteiger partial charge in [-0.05, 0) is 11.6 Å². The Balaban J connectivity index is 1.76. The van der Waals surface area contributed by atoms with Crippen LogP contribution in [0.25, 0.3) is 0 Å². The van der Waals surface area contributed by atoms with Crippen LogP contribution in [0.15, 0.2) is 24.7 Å². The number of hydrogen-bond acceptors (Lipinski definition) is 4. The van der Waals surface area contributed by atoms with Gasteiger partial charge in [0, 0.05) is 61.3 Å². The zero-order chi connectivity index (χ0) is 15.7. The van der Waals surface area contributed by atoms with Gasteiger partial charge >= 0.3 is 0 Å². The zero-order valence-corrected chi connectivity index (χ0v) is 14.1. The third kappa shape index (κ3) is 3.28. The molecule has 5 heteroatoms. The largest absolute Gasteiger partial charge is 0.294 e. The molecule has 0 saturated heterocycles. The monoisotopic (exact) mass is 316 g/mol. The number of aromatic nitrogens is 3. The summed E-state index contributed by atoms with van der Waals surface area (Å²) in [5.74, 6) is 0.928. The highest BCUT2D eigenvalue weighted by Gasteiger charge is 2.23. The van der Waals surface area contributed by atoms with Crippen LogP contribution in [0.4, 0.5) is 0 Å². The highest BCUT2D eigenvalue weighted by Crippen LogP contribution is 2.24. The molecule has 0 atom stereocenters. The lowest BCUT2D eigenvalue weighted by molar-refractivity contribution is 0.242. The fourth-order valence-corrected chi connectivity index (χ4v) is 2.82. The van der Waals surface area contributed by atoms with Crippen LogP contribution in [-0.2, 0) is 24.9 Å². The van der Waals surface area contributed by atoms with E-state index in [2.05, 4.69) is 35.6 Å². The number of nitrogens with zero attached hydrogens (tertiary/aromatic N) is 4. The molecule has 0 unspecified atom stereocenters. The van der Waals surface area contributed by atoms with E-state index in [0.717, 1.165) is 42.5 Å². The maximum absolute atomic E-state index is 6.20. The van der Waals surface area contributed by atoms with Crippen molar-refractivity contribution in [1.29, 1.82) is 0 Å². The third-order valence-electron chi connectivity index (χ3n) is 3.93. The molecule has 4 nitrogen and oxygen atoms in total. The van der Waals surface area contributed by atoms with E-state index < -0.39 is 0 Å². The van der Waals surface area contributed by atoms with Crippen LogP contribution in [0.5, 0.6) is 0 Å². The Bertz CT molecular complexity index is 679. The van der Waals surface area contributed by atoms with Gasteiger partial charge < -0.3 is 0 Å². The summed E-state index contributed by atoms with van der Waals surface area (Å²) in [5, 5.41) is 0.729. The van der Waals surface area contributed by atoms with Crippen molar-refractivity contribution >= 4 is 11.6 Å². The van der Waals surface area contributed by atoms with E-state index >= 15 is 0 Å². The molecular formula is C17H21ClN4. The second kappa shape index (κ2) is 5.94. The number of hydrogen-bond donors (Lipinski definition) is 0. The van der Waals surface area contributed by atoms with E-state index in [9.17, 15) is 0 Å². The minimum Gasteiger partial charge on any atom is -0.294 e. The quantitative estimate of drug-likeness (QED) is 0.851. The molecule has 0 aromatic carbocycles. The van der Waals surface area contributed by atoms with Crippen LogP contribution in [-0.4, -0.2) is 26.4 Å². The maximum Gasteiger partial charge on any atom is 0.133 e. The molecule has 3 rings (SSSR count). The van der Waals surface area contributed by atoms with Gasteiger partial charge in [-0.3, -0.25) is 9.88 Å². The normalized spacial score (nSPS) is 15.6. The van der Waals surface area contributed by atoms with Gasteiger partial charge in [0.2, 0.25) is 0 Å². The fourth-order valence-electron chi connectivity index (χ4n) is 2.64. The van der Waals surface area contributed by atoms with Gasteiger partial charge in [-0.1, -0.05) is 32.4 Å². The molecular weight excluding hydrogens is 296 g/mol. The van der Waals surface area contributed by atoms with Crippen LogP contribution in [0.3, 0.4) is 0 Å². The van der Waals surface area contributed by atoms with Crippen molar-refractivity contribution in [2.24, 2.45) is 0 Å². The van der Waals surface area contributed by atoms with Crippen molar-refractivity contribution < 1.29 is 0 Å². The fraction of sp³-hybridized carbons (Fsp3) is 0.471. The number of fused-ring (bicyclic) bond motifs is 1. The molecule has 22 heavy (non-hydrogen) atoms. The summed E-state index contributed by atoms with van der Waals surface area (Å²) >= 11 is 6.20. The second-order valence-electron chi connectivity index (χ2n) is 6.84. The Labute approximate surface area is 136 Å². The molecule has 3 heterocycles. The molecule has 0 radical (unpaired) electrons. The van der Waals surface area contributed by atoms with E-state index in [1.54, 1.807) is 12.4 Å². The van der Waals surface area contributed by atoms with Gasteiger partial charge in [0.1, 0.15) is 5.82 Å². The van der Waals surface area contributed by atoms with Crippen molar-refractivity contribution in [1.82, 2.24) is 19.9 Å². The Morgan fingerprint density at radius 1 is 1.27 bits per heavy atom. The first kappa shape index (κ1) is 15.4. The van der Waals surface area contributed by atoms with Gasteiger partial charge in [0.15, 0.2) is 0 Å². The first-order chi connectivity index (χ1) is 10.4. The Morgan fingerprint density at radius 3 is 2.82 bits per heavy atom. The highest BCUT2D eigenvalue weighted by atomic mass is 35.5. The van der Waals surface area contributed by atoms with E-state index in [4.69, 9.17) is 16.6 Å². The summed E-state index contributed by atoms with van der Waals surface area (Å²) in [5.41, 5.74) is 3.53. The smallest absolute Gasteiger partial charge is 0.133 e.